The van der Waals surface area contributed by atoms with Crippen LogP contribution in [0.5, 0.6) is 0 Å². The van der Waals surface area contributed by atoms with Gasteiger partial charge in [-0.15, -0.1) is 0 Å². The molecule has 0 aliphatic heterocycles. The first kappa shape index (κ1) is 23.0. The highest BCUT2D eigenvalue weighted by molar-refractivity contribution is 5.82. The molecule has 1 rings (SSSR count). The third kappa shape index (κ3) is 8.55. The maximum atomic E-state index is 12.8. The zero-order valence-electron chi connectivity index (χ0n) is 17.4. The van der Waals surface area contributed by atoms with E-state index in [4.69, 9.17) is 9.47 Å². The average molecular weight is 369 g/mol. The Bertz CT molecular complexity index is 405. The molecule has 0 N–H and O–H groups in total. The second-order valence-corrected chi connectivity index (χ2v) is 8.19. The van der Waals surface area contributed by atoms with E-state index in [1.165, 1.54) is 0 Å². The van der Waals surface area contributed by atoms with E-state index < -0.39 is 0 Å². The standard InChI is InChI=1S/C22H40O4/c1-5-7-13-18(11-6-2)26-22(24)20-15-9-8-14-19(20)21(23)25-16-10-12-17(3)4/h17-20H,5-16H2,1-4H3. The van der Waals surface area contributed by atoms with Crippen LogP contribution in [-0.4, -0.2) is 24.6 Å². The van der Waals surface area contributed by atoms with E-state index in [0.29, 0.717) is 12.5 Å². The van der Waals surface area contributed by atoms with Crippen LogP contribution < -0.4 is 0 Å². The molecule has 26 heavy (non-hydrogen) atoms. The zero-order chi connectivity index (χ0) is 19.4. The van der Waals surface area contributed by atoms with E-state index in [2.05, 4.69) is 27.7 Å². The molecule has 0 saturated heterocycles. The van der Waals surface area contributed by atoms with Gasteiger partial charge >= 0.3 is 11.9 Å². The number of ether oxygens (including phenoxy) is 2. The number of unbranched alkanes of at least 4 members (excludes halogenated alkanes) is 1. The smallest absolute Gasteiger partial charge is 0.310 e. The zero-order valence-corrected chi connectivity index (χ0v) is 17.4. The molecule has 0 heterocycles. The quantitative estimate of drug-likeness (QED) is 0.329. The van der Waals surface area contributed by atoms with Gasteiger partial charge in [0.15, 0.2) is 0 Å². The van der Waals surface area contributed by atoms with Gasteiger partial charge in [-0.3, -0.25) is 9.59 Å². The molecule has 4 nitrogen and oxygen atoms in total. The summed E-state index contributed by atoms with van der Waals surface area (Å²) >= 11 is 0. The number of hydrogen-bond acceptors (Lipinski definition) is 4. The number of carbonyl (C=O) groups is 2. The van der Waals surface area contributed by atoms with E-state index in [1.54, 1.807) is 0 Å². The van der Waals surface area contributed by atoms with E-state index >= 15 is 0 Å². The summed E-state index contributed by atoms with van der Waals surface area (Å²) in [7, 11) is 0. The molecule has 0 spiro atoms. The van der Waals surface area contributed by atoms with Crippen molar-refractivity contribution < 1.29 is 19.1 Å². The van der Waals surface area contributed by atoms with Crippen LogP contribution in [0.4, 0.5) is 0 Å². The van der Waals surface area contributed by atoms with Gasteiger partial charge in [0.05, 0.1) is 18.4 Å². The lowest BCUT2D eigenvalue weighted by molar-refractivity contribution is -0.166. The molecule has 0 aromatic heterocycles. The first-order valence-electron chi connectivity index (χ1n) is 10.9. The van der Waals surface area contributed by atoms with Gasteiger partial charge in [0.25, 0.3) is 0 Å². The summed E-state index contributed by atoms with van der Waals surface area (Å²) in [5.74, 6) is -0.393. The first-order chi connectivity index (χ1) is 12.5. The third-order valence-electron chi connectivity index (χ3n) is 5.31. The molecule has 1 aliphatic rings. The molecule has 0 bridgehead atoms. The van der Waals surface area contributed by atoms with Gasteiger partial charge in [-0.2, -0.15) is 0 Å². The molecule has 0 aromatic rings. The van der Waals surface area contributed by atoms with Gasteiger partial charge in [-0.1, -0.05) is 59.8 Å². The van der Waals surface area contributed by atoms with Gasteiger partial charge in [0.2, 0.25) is 0 Å². The van der Waals surface area contributed by atoms with E-state index in [9.17, 15) is 9.59 Å². The molecule has 152 valence electrons. The van der Waals surface area contributed by atoms with Gasteiger partial charge < -0.3 is 9.47 Å². The van der Waals surface area contributed by atoms with Crippen LogP contribution in [0.2, 0.25) is 0 Å². The lowest BCUT2D eigenvalue weighted by Gasteiger charge is -2.30. The van der Waals surface area contributed by atoms with Crippen LogP contribution in [-0.2, 0) is 19.1 Å². The topological polar surface area (TPSA) is 52.6 Å². The van der Waals surface area contributed by atoms with E-state index in [0.717, 1.165) is 70.6 Å². The van der Waals surface area contributed by atoms with Crippen molar-refractivity contribution in [1.29, 1.82) is 0 Å². The highest BCUT2D eigenvalue weighted by Crippen LogP contribution is 2.33. The SMILES string of the molecule is CCCCC(CCC)OC(=O)C1CCCCC1C(=O)OCCCC(C)C. The number of esters is 2. The molecule has 1 fully saturated rings. The van der Waals surface area contributed by atoms with E-state index in [1.807, 2.05) is 0 Å². The Hall–Kier alpha value is -1.06. The minimum atomic E-state index is -0.317. The summed E-state index contributed by atoms with van der Waals surface area (Å²) in [6.07, 6.45) is 10.4. The summed E-state index contributed by atoms with van der Waals surface area (Å²) in [5.41, 5.74) is 0. The molecule has 0 amide bonds. The largest absolute Gasteiger partial charge is 0.465 e. The third-order valence-corrected chi connectivity index (χ3v) is 5.31. The minimum Gasteiger partial charge on any atom is -0.465 e. The minimum absolute atomic E-state index is 0.00270. The van der Waals surface area contributed by atoms with Gasteiger partial charge in [0.1, 0.15) is 6.10 Å². The van der Waals surface area contributed by atoms with Crippen molar-refractivity contribution in [2.75, 3.05) is 6.61 Å². The first-order valence-corrected chi connectivity index (χ1v) is 10.9. The molecule has 0 radical (unpaired) electrons. The number of carbonyl (C=O) groups excluding carboxylic acids is 2. The Balaban J connectivity index is 2.56. The van der Waals surface area contributed by atoms with Crippen molar-refractivity contribution in [3.63, 3.8) is 0 Å². The Morgan fingerprint density at radius 2 is 1.54 bits per heavy atom. The number of rotatable bonds is 12. The summed E-state index contributed by atoms with van der Waals surface area (Å²) in [6.45, 7) is 9.06. The Morgan fingerprint density at radius 1 is 0.885 bits per heavy atom. The highest BCUT2D eigenvalue weighted by atomic mass is 16.5. The maximum absolute atomic E-state index is 12.8. The lowest BCUT2D eigenvalue weighted by atomic mass is 9.79. The molecule has 3 atom stereocenters. The highest BCUT2D eigenvalue weighted by Gasteiger charge is 2.38. The van der Waals surface area contributed by atoms with Crippen molar-refractivity contribution in [3.8, 4) is 0 Å². The fourth-order valence-corrected chi connectivity index (χ4v) is 3.73. The van der Waals surface area contributed by atoms with Crippen molar-refractivity contribution in [2.24, 2.45) is 17.8 Å². The molecular weight excluding hydrogens is 328 g/mol. The molecule has 3 unspecified atom stereocenters. The number of hydrogen-bond donors (Lipinski definition) is 0. The van der Waals surface area contributed by atoms with Crippen molar-refractivity contribution >= 4 is 11.9 Å². The molecule has 1 saturated carbocycles. The van der Waals surface area contributed by atoms with Crippen molar-refractivity contribution in [2.45, 2.75) is 104 Å². The van der Waals surface area contributed by atoms with Crippen LogP contribution >= 0.6 is 0 Å². The monoisotopic (exact) mass is 368 g/mol. The maximum Gasteiger partial charge on any atom is 0.310 e. The predicted molar refractivity (Wildman–Crippen MR) is 105 cm³/mol. The fourth-order valence-electron chi connectivity index (χ4n) is 3.73. The molecular formula is C22H40O4. The van der Waals surface area contributed by atoms with Crippen LogP contribution in [0.15, 0.2) is 0 Å². The molecule has 4 heteroatoms. The molecule has 0 aromatic carbocycles. The Kier molecular flexibility index (Phi) is 11.6. The Labute approximate surface area is 160 Å². The van der Waals surface area contributed by atoms with Crippen LogP contribution in [0.25, 0.3) is 0 Å². The summed E-state index contributed by atoms with van der Waals surface area (Å²) in [4.78, 5) is 25.3. The Morgan fingerprint density at radius 3 is 2.12 bits per heavy atom. The van der Waals surface area contributed by atoms with Gasteiger partial charge in [-0.25, -0.2) is 0 Å². The van der Waals surface area contributed by atoms with Crippen molar-refractivity contribution in [3.05, 3.63) is 0 Å². The van der Waals surface area contributed by atoms with Crippen molar-refractivity contribution in [1.82, 2.24) is 0 Å². The predicted octanol–water partition coefficient (Wildman–Crippen LogP) is 5.67. The normalized spacial score (nSPS) is 21.4. The van der Waals surface area contributed by atoms with Crippen LogP contribution in [0.3, 0.4) is 0 Å². The summed E-state index contributed by atoms with van der Waals surface area (Å²) < 4.78 is 11.3. The van der Waals surface area contributed by atoms with Crippen LogP contribution in [0.1, 0.15) is 98.3 Å². The molecule has 1 aliphatic carbocycles. The summed E-state index contributed by atoms with van der Waals surface area (Å²) in [5, 5.41) is 0. The van der Waals surface area contributed by atoms with Crippen LogP contribution in [0, 0.1) is 17.8 Å². The average Bonchev–Trinajstić information content (AvgIpc) is 2.63. The summed E-state index contributed by atoms with van der Waals surface area (Å²) in [6, 6.07) is 0. The lowest BCUT2D eigenvalue weighted by Crippen LogP contribution is -2.36. The second-order valence-electron chi connectivity index (χ2n) is 8.19. The van der Waals surface area contributed by atoms with Gasteiger partial charge in [-0.05, 0) is 44.4 Å². The van der Waals surface area contributed by atoms with E-state index in [-0.39, 0.29) is 29.9 Å². The van der Waals surface area contributed by atoms with Gasteiger partial charge in [0, 0.05) is 0 Å². The second kappa shape index (κ2) is 13.2. The fraction of sp³-hybridized carbons (Fsp3) is 0.909.